The van der Waals surface area contributed by atoms with Crippen molar-refractivity contribution in [3.05, 3.63) is 84.2 Å². The Morgan fingerprint density at radius 2 is 1.92 bits per heavy atom. The number of hydrogen-bond donors (Lipinski definition) is 1. The summed E-state index contributed by atoms with van der Waals surface area (Å²) >= 11 is 1.15. The predicted octanol–water partition coefficient (Wildman–Crippen LogP) is 5.06. The predicted molar refractivity (Wildman–Crippen MR) is 98.9 cm³/mol. The van der Waals surface area contributed by atoms with Crippen LogP contribution < -0.4 is 5.32 Å². The fourth-order valence-corrected chi connectivity index (χ4v) is 3.05. The molecular formula is C20H18N2OS. The van der Waals surface area contributed by atoms with Gasteiger partial charge in [-0.1, -0.05) is 42.5 Å². The summed E-state index contributed by atoms with van der Waals surface area (Å²) in [6, 6.07) is 20.3. The second-order valence-electron chi connectivity index (χ2n) is 5.45. The molecule has 1 N–H and O–H groups in total. The van der Waals surface area contributed by atoms with Crippen LogP contribution in [-0.4, -0.2) is 10.2 Å². The molecule has 1 aromatic heterocycles. The molecule has 0 atom stereocenters. The van der Waals surface area contributed by atoms with Crippen LogP contribution in [0.4, 0.5) is 4.79 Å². The molecule has 0 fully saturated rings. The van der Waals surface area contributed by atoms with Crippen LogP contribution in [0.2, 0.25) is 0 Å². The summed E-state index contributed by atoms with van der Waals surface area (Å²) in [5.74, 6) is 0. The lowest BCUT2D eigenvalue weighted by atomic mass is 9.98. The number of hydrogen-bond acceptors (Lipinski definition) is 3. The van der Waals surface area contributed by atoms with Gasteiger partial charge in [0, 0.05) is 23.8 Å². The van der Waals surface area contributed by atoms with Crippen LogP contribution in [0.3, 0.4) is 0 Å². The molecule has 0 aliphatic carbocycles. The maximum atomic E-state index is 12.0. The van der Waals surface area contributed by atoms with E-state index in [0.717, 1.165) is 22.2 Å². The van der Waals surface area contributed by atoms with E-state index >= 15 is 0 Å². The van der Waals surface area contributed by atoms with Crippen molar-refractivity contribution in [3.63, 3.8) is 0 Å². The number of pyridine rings is 1. The Bertz CT molecular complexity index is 820. The number of nitrogens with one attached hydrogen (secondary N) is 1. The number of carbonyl (C=O) groups is 1. The summed E-state index contributed by atoms with van der Waals surface area (Å²) in [6.07, 6.45) is 3.38. The Labute approximate surface area is 146 Å². The maximum Gasteiger partial charge on any atom is 0.284 e. The second kappa shape index (κ2) is 7.79. The van der Waals surface area contributed by atoms with E-state index in [1.165, 1.54) is 16.7 Å². The van der Waals surface area contributed by atoms with Crippen molar-refractivity contribution in [2.75, 3.05) is 0 Å². The second-order valence-corrected chi connectivity index (χ2v) is 6.49. The van der Waals surface area contributed by atoms with Crippen molar-refractivity contribution < 1.29 is 4.79 Å². The van der Waals surface area contributed by atoms with Crippen molar-refractivity contribution in [3.8, 4) is 11.1 Å². The van der Waals surface area contributed by atoms with Gasteiger partial charge in [-0.2, -0.15) is 0 Å². The zero-order chi connectivity index (χ0) is 16.8. The fraction of sp³-hybridized carbons (Fsp3) is 0.100. The Morgan fingerprint density at radius 1 is 1.08 bits per heavy atom. The van der Waals surface area contributed by atoms with Gasteiger partial charge in [0.1, 0.15) is 0 Å². The van der Waals surface area contributed by atoms with Gasteiger partial charge >= 0.3 is 0 Å². The van der Waals surface area contributed by atoms with E-state index in [2.05, 4.69) is 47.6 Å². The Hall–Kier alpha value is -2.59. The molecule has 120 valence electrons. The summed E-state index contributed by atoms with van der Waals surface area (Å²) in [5.41, 5.74) is 4.69. The number of thioether (sulfide) groups is 1. The first-order chi connectivity index (χ1) is 11.7. The largest absolute Gasteiger partial charge is 0.343 e. The third-order valence-corrected chi connectivity index (χ3v) is 4.48. The lowest BCUT2D eigenvalue weighted by Gasteiger charge is -2.10. The van der Waals surface area contributed by atoms with Gasteiger partial charge in [0.2, 0.25) is 0 Å². The summed E-state index contributed by atoms with van der Waals surface area (Å²) in [6.45, 7) is 2.61. The van der Waals surface area contributed by atoms with Gasteiger partial charge in [-0.05, 0) is 59.1 Å². The maximum absolute atomic E-state index is 12.0. The van der Waals surface area contributed by atoms with Crippen LogP contribution in [0.25, 0.3) is 11.1 Å². The lowest BCUT2D eigenvalue weighted by molar-refractivity contribution is 0.260. The van der Waals surface area contributed by atoms with Gasteiger partial charge < -0.3 is 5.32 Å². The Morgan fingerprint density at radius 3 is 2.67 bits per heavy atom. The average molecular weight is 334 g/mol. The Kier molecular flexibility index (Phi) is 5.29. The normalized spacial score (nSPS) is 10.4. The molecule has 3 aromatic rings. The molecule has 0 radical (unpaired) electrons. The minimum Gasteiger partial charge on any atom is -0.343 e. The van der Waals surface area contributed by atoms with Gasteiger partial charge in [-0.15, -0.1) is 0 Å². The molecule has 0 spiro atoms. The van der Waals surface area contributed by atoms with Crippen LogP contribution in [0, 0.1) is 6.92 Å². The van der Waals surface area contributed by atoms with Crippen LogP contribution in [0.5, 0.6) is 0 Å². The standard InChI is InChI=1S/C20H18N2OS/c1-15-9-10-16(12-19(15)17-6-3-2-4-7-17)13-22-20(23)24-18-8-5-11-21-14-18/h2-12,14H,13H2,1H3,(H,22,23). The molecular weight excluding hydrogens is 316 g/mol. The molecule has 0 aliphatic heterocycles. The number of benzene rings is 2. The number of amides is 1. The monoisotopic (exact) mass is 334 g/mol. The molecule has 2 aromatic carbocycles. The first-order valence-electron chi connectivity index (χ1n) is 7.73. The van der Waals surface area contributed by atoms with Crippen molar-refractivity contribution in [1.82, 2.24) is 10.3 Å². The third-order valence-electron chi connectivity index (χ3n) is 3.67. The molecule has 3 rings (SSSR count). The van der Waals surface area contributed by atoms with Crippen LogP contribution in [0.1, 0.15) is 11.1 Å². The van der Waals surface area contributed by atoms with E-state index in [9.17, 15) is 4.79 Å². The summed E-state index contributed by atoms with van der Waals surface area (Å²) in [5, 5.41) is 2.86. The first kappa shape index (κ1) is 16.3. The van der Waals surface area contributed by atoms with Crippen LogP contribution in [-0.2, 0) is 6.54 Å². The van der Waals surface area contributed by atoms with Crippen molar-refractivity contribution >= 4 is 17.0 Å². The van der Waals surface area contributed by atoms with E-state index in [1.807, 2.05) is 30.3 Å². The van der Waals surface area contributed by atoms with Crippen molar-refractivity contribution in [2.24, 2.45) is 0 Å². The summed E-state index contributed by atoms with van der Waals surface area (Å²) in [4.78, 5) is 16.9. The van der Waals surface area contributed by atoms with E-state index < -0.39 is 0 Å². The quantitative estimate of drug-likeness (QED) is 0.678. The number of aromatic nitrogens is 1. The molecule has 0 aliphatic rings. The third kappa shape index (κ3) is 4.24. The molecule has 24 heavy (non-hydrogen) atoms. The van der Waals surface area contributed by atoms with Crippen LogP contribution >= 0.6 is 11.8 Å². The number of nitrogens with zero attached hydrogens (tertiary/aromatic N) is 1. The topological polar surface area (TPSA) is 42.0 Å². The number of rotatable bonds is 4. The number of aryl methyl sites for hydroxylation is 1. The highest BCUT2D eigenvalue weighted by molar-refractivity contribution is 8.13. The Balaban J connectivity index is 1.67. The van der Waals surface area contributed by atoms with E-state index in [-0.39, 0.29) is 5.24 Å². The molecule has 0 bridgehead atoms. The van der Waals surface area contributed by atoms with Gasteiger partial charge in [0.15, 0.2) is 0 Å². The molecule has 1 heterocycles. The van der Waals surface area contributed by atoms with E-state index in [0.29, 0.717) is 6.54 Å². The molecule has 0 saturated carbocycles. The van der Waals surface area contributed by atoms with E-state index in [1.54, 1.807) is 12.4 Å². The number of carbonyl (C=O) groups excluding carboxylic acids is 1. The zero-order valence-corrected chi connectivity index (χ0v) is 14.2. The van der Waals surface area contributed by atoms with Gasteiger partial charge in [0.05, 0.1) is 0 Å². The van der Waals surface area contributed by atoms with Gasteiger partial charge in [0.25, 0.3) is 5.24 Å². The highest BCUT2D eigenvalue weighted by Crippen LogP contribution is 2.24. The molecule has 0 unspecified atom stereocenters. The first-order valence-corrected chi connectivity index (χ1v) is 8.55. The van der Waals surface area contributed by atoms with E-state index in [4.69, 9.17) is 0 Å². The fourth-order valence-electron chi connectivity index (χ4n) is 2.43. The molecule has 3 nitrogen and oxygen atoms in total. The van der Waals surface area contributed by atoms with Crippen LogP contribution in [0.15, 0.2) is 78.0 Å². The minimum atomic E-state index is -0.0789. The highest BCUT2D eigenvalue weighted by atomic mass is 32.2. The SMILES string of the molecule is Cc1ccc(CNC(=O)Sc2cccnc2)cc1-c1ccccc1. The summed E-state index contributed by atoms with van der Waals surface area (Å²) in [7, 11) is 0. The van der Waals surface area contributed by atoms with Gasteiger partial charge in [-0.25, -0.2) is 0 Å². The molecule has 1 amide bonds. The molecule has 0 saturated heterocycles. The van der Waals surface area contributed by atoms with Crippen molar-refractivity contribution in [1.29, 1.82) is 0 Å². The van der Waals surface area contributed by atoms with Crippen molar-refractivity contribution in [2.45, 2.75) is 18.4 Å². The lowest BCUT2D eigenvalue weighted by Crippen LogP contribution is -2.17. The summed E-state index contributed by atoms with van der Waals surface area (Å²) < 4.78 is 0. The molecule has 4 heteroatoms. The average Bonchev–Trinajstić information content (AvgIpc) is 2.62. The van der Waals surface area contributed by atoms with Gasteiger partial charge in [-0.3, -0.25) is 9.78 Å². The zero-order valence-electron chi connectivity index (χ0n) is 13.4. The minimum absolute atomic E-state index is 0.0789. The smallest absolute Gasteiger partial charge is 0.284 e. The highest BCUT2D eigenvalue weighted by Gasteiger charge is 2.06.